The summed E-state index contributed by atoms with van der Waals surface area (Å²) in [5.41, 5.74) is 2.96. The van der Waals surface area contributed by atoms with Crippen molar-refractivity contribution in [1.29, 1.82) is 0 Å². The molecule has 1 saturated heterocycles. The molecule has 1 aliphatic heterocycles. The lowest BCUT2D eigenvalue weighted by molar-refractivity contribution is -0.205. The standard InChI is InChI=1S/C27H27F3O2/c1-3-4-5-18-15-31-27(32-16-18)21-11-13-22(24(28)14-21)19-7-9-20(10-8-19)23-12-6-17(2)25(29)26(23)30/h3,6-14,18,25-27H,1,4-5,15-16H2,2H3. The Morgan fingerprint density at radius 3 is 2.31 bits per heavy atom. The molecule has 1 aliphatic carbocycles. The Morgan fingerprint density at radius 1 is 0.969 bits per heavy atom. The number of halogens is 3. The second-order valence-corrected chi connectivity index (χ2v) is 8.38. The summed E-state index contributed by atoms with van der Waals surface area (Å²) in [5.74, 6) is -0.0685. The lowest BCUT2D eigenvalue weighted by atomic mass is 9.90. The number of ether oxygens (including phenoxy) is 2. The van der Waals surface area contributed by atoms with Gasteiger partial charge >= 0.3 is 0 Å². The van der Waals surface area contributed by atoms with E-state index in [2.05, 4.69) is 6.58 Å². The first-order chi connectivity index (χ1) is 15.5. The van der Waals surface area contributed by atoms with Gasteiger partial charge in [-0.3, -0.25) is 0 Å². The summed E-state index contributed by atoms with van der Waals surface area (Å²) in [6.45, 7) is 6.45. The van der Waals surface area contributed by atoms with E-state index >= 15 is 0 Å². The van der Waals surface area contributed by atoms with Gasteiger partial charge in [-0.15, -0.1) is 6.58 Å². The first-order valence-electron chi connectivity index (χ1n) is 10.9. The van der Waals surface area contributed by atoms with Gasteiger partial charge in [-0.05, 0) is 48.1 Å². The van der Waals surface area contributed by atoms with Crippen LogP contribution in [0, 0.1) is 11.7 Å². The lowest BCUT2D eigenvalue weighted by Gasteiger charge is -2.29. The van der Waals surface area contributed by atoms with Crippen LogP contribution in [0.4, 0.5) is 13.2 Å². The molecule has 0 spiro atoms. The quantitative estimate of drug-likeness (QED) is 0.445. The highest BCUT2D eigenvalue weighted by atomic mass is 19.2. The number of hydrogen-bond acceptors (Lipinski definition) is 2. The van der Waals surface area contributed by atoms with Crippen molar-refractivity contribution in [3.05, 3.63) is 89.8 Å². The van der Waals surface area contributed by atoms with Gasteiger partial charge in [0.25, 0.3) is 0 Å². The summed E-state index contributed by atoms with van der Waals surface area (Å²) < 4.78 is 54.9. The van der Waals surface area contributed by atoms with Gasteiger partial charge in [-0.2, -0.15) is 0 Å². The monoisotopic (exact) mass is 440 g/mol. The summed E-state index contributed by atoms with van der Waals surface area (Å²) in [6.07, 6.45) is 3.04. The summed E-state index contributed by atoms with van der Waals surface area (Å²) in [5, 5.41) is 0. The molecule has 2 aromatic rings. The molecule has 2 aliphatic rings. The minimum atomic E-state index is -1.70. The molecular formula is C27H27F3O2. The minimum Gasteiger partial charge on any atom is -0.348 e. The zero-order valence-corrected chi connectivity index (χ0v) is 18.1. The summed E-state index contributed by atoms with van der Waals surface area (Å²) >= 11 is 0. The van der Waals surface area contributed by atoms with Gasteiger partial charge in [0, 0.05) is 17.0 Å². The zero-order valence-electron chi connectivity index (χ0n) is 18.1. The van der Waals surface area contributed by atoms with E-state index in [1.807, 2.05) is 6.08 Å². The topological polar surface area (TPSA) is 18.5 Å². The van der Waals surface area contributed by atoms with E-state index in [9.17, 15) is 13.2 Å². The van der Waals surface area contributed by atoms with Crippen molar-refractivity contribution in [2.75, 3.05) is 13.2 Å². The highest BCUT2D eigenvalue weighted by Crippen LogP contribution is 2.34. The van der Waals surface area contributed by atoms with Crippen molar-refractivity contribution in [3.8, 4) is 11.1 Å². The van der Waals surface area contributed by atoms with Crippen LogP contribution >= 0.6 is 0 Å². The van der Waals surface area contributed by atoms with Gasteiger partial charge in [-0.25, -0.2) is 13.2 Å². The van der Waals surface area contributed by atoms with Gasteiger partial charge in [0.05, 0.1) is 13.2 Å². The third-order valence-corrected chi connectivity index (χ3v) is 6.06. The molecule has 168 valence electrons. The molecule has 2 nitrogen and oxygen atoms in total. The Kier molecular flexibility index (Phi) is 6.97. The van der Waals surface area contributed by atoms with Crippen molar-refractivity contribution in [2.45, 2.75) is 38.4 Å². The smallest absolute Gasteiger partial charge is 0.183 e. The molecule has 5 heteroatoms. The van der Waals surface area contributed by atoms with E-state index < -0.39 is 18.6 Å². The summed E-state index contributed by atoms with van der Waals surface area (Å²) in [4.78, 5) is 0. The average molecular weight is 441 g/mol. The fourth-order valence-electron chi connectivity index (χ4n) is 4.06. The SMILES string of the molecule is C=CCCC1COC(c2ccc(-c3ccc(C4=CC=C(C)C(F)C4F)cc3)c(F)c2)OC1. The molecule has 0 saturated carbocycles. The highest BCUT2D eigenvalue weighted by Gasteiger charge is 2.29. The van der Waals surface area contributed by atoms with E-state index in [1.54, 1.807) is 55.5 Å². The van der Waals surface area contributed by atoms with Gasteiger partial charge in [0.15, 0.2) is 18.6 Å². The first kappa shape index (κ1) is 22.6. The number of rotatable bonds is 6. The molecule has 1 fully saturated rings. The molecule has 0 aromatic heterocycles. The van der Waals surface area contributed by atoms with Crippen molar-refractivity contribution >= 4 is 5.57 Å². The molecule has 0 radical (unpaired) electrons. The van der Waals surface area contributed by atoms with Crippen LogP contribution in [-0.4, -0.2) is 25.6 Å². The van der Waals surface area contributed by atoms with Gasteiger partial charge in [0.1, 0.15) is 5.82 Å². The number of benzene rings is 2. The molecule has 32 heavy (non-hydrogen) atoms. The lowest BCUT2D eigenvalue weighted by Crippen LogP contribution is -2.27. The van der Waals surface area contributed by atoms with Crippen LogP contribution in [0.25, 0.3) is 16.7 Å². The highest BCUT2D eigenvalue weighted by molar-refractivity contribution is 5.75. The predicted molar refractivity (Wildman–Crippen MR) is 121 cm³/mol. The van der Waals surface area contributed by atoms with Crippen molar-refractivity contribution in [1.82, 2.24) is 0 Å². The summed E-state index contributed by atoms with van der Waals surface area (Å²) in [6, 6.07) is 11.7. The molecule has 2 aromatic carbocycles. The predicted octanol–water partition coefficient (Wildman–Crippen LogP) is 7.14. The fraction of sp³-hybridized carbons (Fsp3) is 0.333. The molecule has 4 rings (SSSR count). The number of hydrogen-bond donors (Lipinski definition) is 0. The Balaban J connectivity index is 1.46. The molecule has 1 heterocycles. The maximum atomic E-state index is 14.9. The van der Waals surface area contributed by atoms with Crippen molar-refractivity contribution in [2.24, 2.45) is 5.92 Å². The Bertz CT molecular complexity index is 1020. The Hall–Kier alpha value is -2.63. The first-order valence-corrected chi connectivity index (χ1v) is 10.9. The number of allylic oxidation sites excluding steroid dienone is 5. The van der Waals surface area contributed by atoms with E-state index in [-0.39, 0.29) is 5.82 Å². The van der Waals surface area contributed by atoms with Crippen LogP contribution < -0.4 is 0 Å². The van der Waals surface area contributed by atoms with E-state index in [0.717, 1.165) is 12.8 Å². The Morgan fingerprint density at radius 2 is 1.66 bits per heavy atom. The van der Waals surface area contributed by atoms with Crippen LogP contribution in [0.5, 0.6) is 0 Å². The minimum absolute atomic E-state index is 0.295. The molecule has 2 atom stereocenters. The molecule has 0 amide bonds. The largest absolute Gasteiger partial charge is 0.348 e. The zero-order chi connectivity index (χ0) is 22.7. The van der Waals surface area contributed by atoms with Crippen LogP contribution in [0.15, 0.2) is 72.8 Å². The van der Waals surface area contributed by atoms with E-state index in [1.165, 1.54) is 6.07 Å². The normalized spacial score (nSPS) is 25.8. The molecule has 0 N–H and O–H groups in total. The maximum Gasteiger partial charge on any atom is 0.183 e. The van der Waals surface area contributed by atoms with E-state index in [4.69, 9.17) is 9.47 Å². The fourth-order valence-corrected chi connectivity index (χ4v) is 4.06. The van der Waals surface area contributed by atoms with Gasteiger partial charge < -0.3 is 9.47 Å². The Labute approximate surface area is 187 Å². The second-order valence-electron chi connectivity index (χ2n) is 8.38. The third-order valence-electron chi connectivity index (χ3n) is 6.06. The van der Waals surface area contributed by atoms with E-state index in [0.29, 0.717) is 52.5 Å². The third kappa shape index (κ3) is 4.74. The van der Waals surface area contributed by atoms with Crippen LogP contribution in [0.2, 0.25) is 0 Å². The average Bonchev–Trinajstić information content (AvgIpc) is 2.82. The van der Waals surface area contributed by atoms with Gasteiger partial charge in [-0.1, -0.05) is 54.6 Å². The molecular weight excluding hydrogens is 413 g/mol. The summed E-state index contributed by atoms with van der Waals surface area (Å²) in [7, 11) is 0. The van der Waals surface area contributed by atoms with Crippen LogP contribution in [0.3, 0.4) is 0 Å². The molecule has 2 unspecified atom stereocenters. The van der Waals surface area contributed by atoms with Crippen molar-refractivity contribution < 1.29 is 22.6 Å². The van der Waals surface area contributed by atoms with Crippen molar-refractivity contribution in [3.63, 3.8) is 0 Å². The molecule has 0 bridgehead atoms. The maximum absolute atomic E-state index is 14.9. The van der Waals surface area contributed by atoms with Crippen LogP contribution in [-0.2, 0) is 9.47 Å². The van der Waals surface area contributed by atoms with Gasteiger partial charge in [0.2, 0.25) is 0 Å². The second kappa shape index (κ2) is 9.88. The number of alkyl halides is 2. The van der Waals surface area contributed by atoms with Crippen LogP contribution in [0.1, 0.15) is 37.2 Å².